The van der Waals surface area contributed by atoms with Crippen molar-refractivity contribution in [1.29, 1.82) is 0 Å². The number of aryl methyl sites for hydroxylation is 2. The summed E-state index contributed by atoms with van der Waals surface area (Å²) in [4.78, 5) is 0. The fourth-order valence-electron chi connectivity index (χ4n) is 1.68. The Bertz CT molecular complexity index is 463. The van der Waals surface area contributed by atoms with E-state index in [9.17, 15) is 0 Å². The molecule has 0 saturated carbocycles. The molecule has 0 radical (unpaired) electrons. The summed E-state index contributed by atoms with van der Waals surface area (Å²) >= 11 is 0. The Labute approximate surface area is 97.3 Å². The predicted molar refractivity (Wildman–Crippen MR) is 69.4 cm³/mol. The van der Waals surface area contributed by atoms with Crippen molar-refractivity contribution in [1.82, 2.24) is 0 Å². The zero-order valence-electron chi connectivity index (χ0n) is 9.61. The summed E-state index contributed by atoms with van der Waals surface area (Å²) in [5.41, 5.74) is 7.27. The van der Waals surface area contributed by atoms with Crippen LogP contribution >= 0.6 is 0 Å². The highest BCUT2D eigenvalue weighted by molar-refractivity contribution is 5.29. The third kappa shape index (κ3) is 3.12. The van der Waals surface area contributed by atoms with Crippen LogP contribution < -0.4 is 0 Å². The average molecular weight is 208 g/mol. The molecule has 0 heterocycles. The monoisotopic (exact) mass is 208 g/mol. The van der Waals surface area contributed by atoms with Crippen LogP contribution in [-0.2, 0) is 6.42 Å². The molecule has 0 unspecified atom stereocenters. The Balaban J connectivity index is 1.97. The molecule has 1 aromatic rings. The summed E-state index contributed by atoms with van der Waals surface area (Å²) < 4.78 is 0. The summed E-state index contributed by atoms with van der Waals surface area (Å²) in [6.07, 6.45) is 12.4. The molecule has 1 aliphatic carbocycles. The first-order valence-electron chi connectivity index (χ1n) is 5.69. The minimum Gasteiger partial charge on any atom is -0.117 e. The second-order valence-electron chi connectivity index (χ2n) is 4.07. The molecule has 0 bridgehead atoms. The van der Waals surface area contributed by atoms with Crippen LogP contribution in [-0.4, -0.2) is 0 Å². The molecule has 0 spiro atoms. The van der Waals surface area contributed by atoms with Gasteiger partial charge in [-0.25, -0.2) is 0 Å². The summed E-state index contributed by atoms with van der Waals surface area (Å²) in [5.74, 6) is 0. The quantitative estimate of drug-likeness (QED) is 0.655. The number of hydrogen-bond donors (Lipinski definition) is 0. The molecule has 16 heavy (non-hydrogen) atoms. The van der Waals surface area contributed by atoms with Crippen LogP contribution in [0.25, 0.3) is 0 Å². The van der Waals surface area contributed by atoms with Gasteiger partial charge in [-0.1, -0.05) is 54.1 Å². The first kappa shape index (κ1) is 10.7. The van der Waals surface area contributed by atoms with E-state index in [0.29, 0.717) is 0 Å². The lowest BCUT2D eigenvalue weighted by Gasteiger charge is -2.01. The van der Waals surface area contributed by atoms with Crippen LogP contribution in [0.2, 0.25) is 0 Å². The van der Waals surface area contributed by atoms with Gasteiger partial charge in [0, 0.05) is 0 Å². The van der Waals surface area contributed by atoms with Crippen molar-refractivity contribution >= 4 is 0 Å². The van der Waals surface area contributed by atoms with Crippen molar-refractivity contribution in [3.8, 4) is 0 Å². The summed E-state index contributed by atoms with van der Waals surface area (Å²) in [6, 6.07) is 8.75. The maximum atomic E-state index is 3.28. The fourth-order valence-corrected chi connectivity index (χ4v) is 1.68. The van der Waals surface area contributed by atoms with Crippen LogP contribution in [0.3, 0.4) is 0 Å². The minimum atomic E-state index is 1.05. The van der Waals surface area contributed by atoms with E-state index in [1.165, 1.54) is 16.7 Å². The molecular weight excluding hydrogens is 192 g/mol. The molecule has 0 nitrogen and oxygen atoms in total. The lowest BCUT2D eigenvalue weighted by Crippen LogP contribution is -1.86. The Morgan fingerprint density at radius 2 is 1.75 bits per heavy atom. The summed E-state index contributed by atoms with van der Waals surface area (Å²) in [6.45, 7) is 2.12. The van der Waals surface area contributed by atoms with Crippen molar-refractivity contribution < 1.29 is 0 Å². The molecule has 0 aromatic heterocycles. The van der Waals surface area contributed by atoms with Crippen LogP contribution in [0.5, 0.6) is 0 Å². The normalized spacial score (nSPS) is 13.7. The predicted octanol–water partition coefficient (Wildman–Crippen LogP) is 4.14. The zero-order chi connectivity index (χ0) is 11.2. The molecule has 0 amide bonds. The van der Waals surface area contributed by atoms with Gasteiger partial charge in [0.05, 0.1) is 0 Å². The first-order valence-corrected chi connectivity index (χ1v) is 5.69. The molecule has 0 heteroatoms. The van der Waals surface area contributed by atoms with Gasteiger partial charge in [-0.05, 0) is 37.0 Å². The van der Waals surface area contributed by atoms with Crippen LogP contribution in [0.15, 0.2) is 65.9 Å². The lowest BCUT2D eigenvalue weighted by molar-refractivity contribution is 0.966. The molecular formula is C16H16. The van der Waals surface area contributed by atoms with E-state index in [4.69, 9.17) is 0 Å². The molecule has 2 rings (SSSR count). The van der Waals surface area contributed by atoms with Gasteiger partial charge in [-0.2, -0.15) is 0 Å². The van der Waals surface area contributed by atoms with Gasteiger partial charge in [0.25, 0.3) is 0 Å². The van der Waals surface area contributed by atoms with E-state index >= 15 is 0 Å². The topological polar surface area (TPSA) is 0 Å². The third-order valence-corrected chi connectivity index (χ3v) is 2.69. The highest BCUT2D eigenvalue weighted by atomic mass is 14.0. The summed E-state index contributed by atoms with van der Waals surface area (Å²) in [7, 11) is 0. The van der Waals surface area contributed by atoms with Gasteiger partial charge in [-0.15, -0.1) is 5.73 Å². The Kier molecular flexibility index (Phi) is 3.58. The van der Waals surface area contributed by atoms with Crippen LogP contribution in [0, 0.1) is 6.92 Å². The first-order chi connectivity index (χ1) is 7.84. The molecule has 0 atom stereocenters. The SMILES string of the molecule is Cc1ccc(CCC2=C=CC=CC=C2)cc1. The molecule has 0 aliphatic heterocycles. The second-order valence-corrected chi connectivity index (χ2v) is 4.07. The minimum absolute atomic E-state index is 1.05. The number of rotatable bonds is 3. The smallest absolute Gasteiger partial charge is 0.00570 e. The Hall–Kier alpha value is -1.78. The van der Waals surface area contributed by atoms with Gasteiger partial charge < -0.3 is 0 Å². The van der Waals surface area contributed by atoms with E-state index in [1.54, 1.807) is 0 Å². The molecule has 80 valence electrons. The molecule has 1 aromatic carbocycles. The standard InChI is InChI=1S/C16H16/c1-14-8-10-16(11-9-14)13-12-15-6-4-2-3-5-7-15/h2-6,8-11H,12-13H2,1H3. The van der Waals surface area contributed by atoms with E-state index in [0.717, 1.165) is 12.8 Å². The highest BCUT2D eigenvalue weighted by Gasteiger charge is 1.96. The van der Waals surface area contributed by atoms with Crippen LogP contribution in [0.1, 0.15) is 17.5 Å². The van der Waals surface area contributed by atoms with E-state index in [2.05, 4.69) is 49.1 Å². The maximum Gasteiger partial charge on any atom is -0.00570 e. The lowest BCUT2D eigenvalue weighted by atomic mass is 10.0. The molecule has 1 aliphatic rings. The van der Waals surface area contributed by atoms with Gasteiger partial charge in [0.2, 0.25) is 0 Å². The van der Waals surface area contributed by atoms with Crippen molar-refractivity contribution in [2.24, 2.45) is 0 Å². The zero-order valence-corrected chi connectivity index (χ0v) is 9.61. The third-order valence-electron chi connectivity index (χ3n) is 2.69. The van der Waals surface area contributed by atoms with E-state index < -0.39 is 0 Å². The van der Waals surface area contributed by atoms with Crippen molar-refractivity contribution in [2.45, 2.75) is 19.8 Å². The van der Waals surface area contributed by atoms with Gasteiger partial charge in [-0.3, -0.25) is 0 Å². The largest absolute Gasteiger partial charge is 0.117 e. The molecule has 0 fully saturated rings. The molecule has 0 N–H and O–H groups in total. The summed E-state index contributed by atoms with van der Waals surface area (Å²) in [5, 5.41) is 0. The van der Waals surface area contributed by atoms with Crippen molar-refractivity contribution in [3.05, 3.63) is 77.1 Å². The van der Waals surface area contributed by atoms with Crippen LogP contribution in [0.4, 0.5) is 0 Å². The number of benzene rings is 1. The van der Waals surface area contributed by atoms with E-state index in [1.807, 2.05) is 18.2 Å². The van der Waals surface area contributed by atoms with Gasteiger partial charge >= 0.3 is 0 Å². The van der Waals surface area contributed by atoms with Gasteiger partial charge in [0.15, 0.2) is 0 Å². The van der Waals surface area contributed by atoms with Gasteiger partial charge in [0.1, 0.15) is 0 Å². The van der Waals surface area contributed by atoms with Crippen molar-refractivity contribution in [2.75, 3.05) is 0 Å². The Morgan fingerprint density at radius 1 is 0.938 bits per heavy atom. The molecule has 0 saturated heterocycles. The Morgan fingerprint density at radius 3 is 2.56 bits per heavy atom. The average Bonchev–Trinajstić information content (AvgIpc) is 2.57. The maximum absolute atomic E-state index is 3.28. The highest BCUT2D eigenvalue weighted by Crippen LogP contribution is 2.11. The number of hydrogen-bond acceptors (Lipinski definition) is 0. The van der Waals surface area contributed by atoms with E-state index in [-0.39, 0.29) is 0 Å². The fraction of sp³-hybridized carbons (Fsp3) is 0.188. The second kappa shape index (κ2) is 5.34. The van der Waals surface area contributed by atoms with Crippen molar-refractivity contribution in [3.63, 3.8) is 0 Å². The number of allylic oxidation sites excluding steroid dienone is 5.